The van der Waals surface area contributed by atoms with Crippen LogP contribution in [0, 0.1) is 0 Å². The van der Waals surface area contributed by atoms with Crippen LogP contribution in [0.1, 0.15) is 16.6 Å². The molecule has 0 radical (unpaired) electrons. The minimum Gasteiger partial charge on any atom is -0.515 e. The molecule has 1 rings (SSSR count). The van der Waals surface area contributed by atoms with Gasteiger partial charge in [-0.05, 0) is 18.4 Å². The number of carbonyl (C=O) groups excluding carboxylic acids is 1. The average Bonchev–Trinajstić information content (AvgIpc) is 2.53. The predicted octanol–water partition coefficient (Wildman–Crippen LogP) is 2.39. The van der Waals surface area contributed by atoms with Crippen LogP contribution in [-0.4, -0.2) is 10.9 Å². The van der Waals surface area contributed by atoms with Crippen molar-refractivity contribution in [3.05, 3.63) is 34.2 Å². The number of carbonyl (C=O) groups is 1. The van der Waals surface area contributed by atoms with Gasteiger partial charge in [-0.25, -0.2) is 0 Å². The molecule has 3 heteroatoms. The summed E-state index contributed by atoms with van der Waals surface area (Å²) in [6.45, 7) is 1.59. The quantitative estimate of drug-likeness (QED) is 0.418. The molecule has 0 saturated heterocycles. The molecule has 0 aromatic carbocycles. The zero-order valence-electron chi connectivity index (χ0n) is 6.07. The van der Waals surface area contributed by atoms with Crippen molar-refractivity contribution in [1.82, 2.24) is 0 Å². The number of hydrogen-bond acceptors (Lipinski definition) is 3. The predicted molar refractivity (Wildman–Crippen MR) is 45.0 cm³/mol. The van der Waals surface area contributed by atoms with E-state index in [4.69, 9.17) is 5.11 Å². The zero-order chi connectivity index (χ0) is 8.27. The molecule has 1 aromatic rings. The molecule has 0 unspecified atom stereocenters. The van der Waals surface area contributed by atoms with Crippen LogP contribution < -0.4 is 0 Å². The van der Waals surface area contributed by atoms with E-state index in [1.54, 1.807) is 13.0 Å². The van der Waals surface area contributed by atoms with Crippen LogP contribution in [0.2, 0.25) is 0 Å². The smallest absolute Gasteiger partial charge is 0.201 e. The molecule has 0 atom stereocenters. The number of rotatable bonds is 2. The molecule has 58 valence electrons. The number of aliphatic hydroxyl groups excluding tert-OH is 1. The van der Waals surface area contributed by atoms with Crippen LogP contribution in [0.15, 0.2) is 29.3 Å². The summed E-state index contributed by atoms with van der Waals surface area (Å²) in [5.74, 6) is -0.109. The fraction of sp³-hybridized carbons (Fsp3) is 0.125. The third kappa shape index (κ3) is 1.68. The van der Waals surface area contributed by atoms with Crippen molar-refractivity contribution >= 4 is 17.1 Å². The molecule has 0 aliphatic carbocycles. The zero-order valence-corrected chi connectivity index (χ0v) is 6.89. The number of hydrogen-bond donors (Lipinski definition) is 1. The highest BCUT2D eigenvalue weighted by molar-refractivity contribution is 7.12. The molecular formula is C8H8O2S. The summed E-state index contributed by atoms with van der Waals surface area (Å²) < 4.78 is 0. The van der Waals surface area contributed by atoms with E-state index in [1.165, 1.54) is 11.3 Å². The highest BCUT2D eigenvalue weighted by Crippen LogP contribution is 2.13. The van der Waals surface area contributed by atoms with Crippen molar-refractivity contribution < 1.29 is 9.90 Å². The SMILES string of the molecule is C/C(=C/O)C(=O)c1cccs1. The minimum atomic E-state index is -0.109. The van der Waals surface area contributed by atoms with Crippen LogP contribution in [-0.2, 0) is 0 Å². The molecule has 1 heterocycles. The van der Waals surface area contributed by atoms with Crippen molar-refractivity contribution in [2.24, 2.45) is 0 Å². The molecular weight excluding hydrogens is 160 g/mol. The van der Waals surface area contributed by atoms with Crippen molar-refractivity contribution in [1.29, 1.82) is 0 Å². The highest BCUT2D eigenvalue weighted by atomic mass is 32.1. The lowest BCUT2D eigenvalue weighted by Gasteiger charge is -1.92. The number of thiophene rings is 1. The first-order chi connectivity index (χ1) is 5.25. The largest absolute Gasteiger partial charge is 0.515 e. The summed E-state index contributed by atoms with van der Waals surface area (Å²) in [7, 11) is 0. The lowest BCUT2D eigenvalue weighted by molar-refractivity contribution is 0.103. The van der Waals surface area contributed by atoms with Crippen molar-refractivity contribution in [3.8, 4) is 0 Å². The molecule has 0 aliphatic rings. The Morgan fingerprint density at radius 1 is 1.73 bits per heavy atom. The first-order valence-electron chi connectivity index (χ1n) is 3.15. The van der Waals surface area contributed by atoms with Gasteiger partial charge in [-0.1, -0.05) is 6.07 Å². The summed E-state index contributed by atoms with van der Waals surface area (Å²) in [5, 5.41) is 10.4. The Morgan fingerprint density at radius 3 is 2.91 bits per heavy atom. The maximum atomic E-state index is 11.2. The Morgan fingerprint density at radius 2 is 2.45 bits per heavy atom. The normalized spacial score (nSPS) is 11.5. The standard InChI is InChI=1S/C8H8O2S/c1-6(5-9)8(10)7-3-2-4-11-7/h2-5,9H,1H3/b6-5-. The lowest BCUT2D eigenvalue weighted by atomic mass is 10.2. The van der Waals surface area contributed by atoms with E-state index >= 15 is 0 Å². The molecule has 0 bridgehead atoms. The van der Waals surface area contributed by atoms with Gasteiger partial charge in [0, 0.05) is 5.57 Å². The number of allylic oxidation sites excluding steroid dienone is 1. The summed E-state index contributed by atoms with van der Waals surface area (Å²) >= 11 is 1.37. The fourth-order valence-corrected chi connectivity index (χ4v) is 1.39. The number of Topliss-reactive ketones (excluding diaryl/α,β-unsaturated/α-hetero) is 1. The van der Waals surface area contributed by atoms with Crippen LogP contribution in [0.3, 0.4) is 0 Å². The molecule has 0 spiro atoms. The van der Waals surface area contributed by atoms with Crippen molar-refractivity contribution in [2.45, 2.75) is 6.92 Å². The average molecular weight is 168 g/mol. The summed E-state index contributed by atoms with van der Waals surface area (Å²) in [6, 6.07) is 3.54. The van der Waals surface area contributed by atoms with Crippen LogP contribution in [0.5, 0.6) is 0 Å². The Balaban J connectivity index is 2.87. The number of aliphatic hydroxyl groups is 1. The van der Waals surface area contributed by atoms with Gasteiger partial charge in [0.15, 0.2) is 0 Å². The van der Waals surface area contributed by atoms with Gasteiger partial charge < -0.3 is 5.11 Å². The Kier molecular flexibility index (Phi) is 2.44. The van der Waals surface area contributed by atoms with E-state index in [1.807, 2.05) is 11.4 Å². The number of ketones is 1. The van der Waals surface area contributed by atoms with Gasteiger partial charge >= 0.3 is 0 Å². The van der Waals surface area contributed by atoms with Gasteiger partial charge in [-0.15, -0.1) is 11.3 Å². The third-order valence-electron chi connectivity index (χ3n) is 1.30. The summed E-state index contributed by atoms with van der Waals surface area (Å²) in [6.07, 6.45) is 0.835. The maximum absolute atomic E-state index is 11.2. The van der Waals surface area contributed by atoms with Gasteiger partial charge in [0.1, 0.15) is 0 Å². The van der Waals surface area contributed by atoms with Crippen molar-refractivity contribution in [3.63, 3.8) is 0 Å². The molecule has 1 aromatic heterocycles. The molecule has 1 N–H and O–H groups in total. The maximum Gasteiger partial charge on any atom is 0.201 e. The monoisotopic (exact) mass is 168 g/mol. The second-order valence-electron chi connectivity index (χ2n) is 2.12. The summed E-state index contributed by atoms with van der Waals surface area (Å²) in [4.78, 5) is 11.9. The van der Waals surface area contributed by atoms with E-state index in [0.29, 0.717) is 10.5 Å². The topological polar surface area (TPSA) is 37.3 Å². The summed E-state index contributed by atoms with van der Waals surface area (Å²) in [5.41, 5.74) is 0.368. The van der Waals surface area contributed by atoms with Gasteiger partial charge in [0.25, 0.3) is 0 Å². The Hall–Kier alpha value is -1.09. The highest BCUT2D eigenvalue weighted by Gasteiger charge is 2.07. The molecule has 0 aliphatic heterocycles. The van der Waals surface area contributed by atoms with E-state index < -0.39 is 0 Å². The minimum absolute atomic E-state index is 0.109. The Labute approximate surface area is 68.8 Å². The van der Waals surface area contributed by atoms with Gasteiger partial charge in [-0.3, -0.25) is 4.79 Å². The van der Waals surface area contributed by atoms with Crippen LogP contribution >= 0.6 is 11.3 Å². The first-order valence-corrected chi connectivity index (χ1v) is 4.03. The molecule has 0 fully saturated rings. The molecule has 2 nitrogen and oxygen atoms in total. The van der Waals surface area contributed by atoms with Crippen LogP contribution in [0.4, 0.5) is 0 Å². The third-order valence-corrected chi connectivity index (χ3v) is 2.17. The van der Waals surface area contributed by atoms with Crippen molar-refractivity contribution in [2.75, 3.05) is 0 Å². The fourth-order valence-electron chi connectivity index (χ4n) is 0.661. The van der Waals surface area contributed by atoms with Crippen LogP contribution in [0.25, 0.3) is 0 Å². The first kappa shape index (κ1) is 8.01. The van der Waals surface area contributed by atoms with E-state index in [9.17, 15) is 4.79 Å². The van der Waals surface area contributed by atoms with E-state index in [-0.39, 0.29) is 5.78 Å². The molecule has 0 saturated carbocycles. The van der Waals surface area contributed by atoms with E-state index in [2.05, 4.69) is 0 Å². The van der Waals surface area contributed by atoms with Gasteiger partial charge in [-0.2, -0.15) is 0 Å². The second kappa shape index (κ2) is 3.34. The Bertz CT molecular complexity index is 272. The molecule has 11 heavy (non-hydrogen) atoms. The van der Waals surface area contributed by atoms with E-state index in [0.717, 1.165) is 6.26 Å². The second-order valence-corrected chi connectivity index (χ2v) is 3.07. The van der Waals surface area contributed by atoms with Gasteiger partial charge in [0.05, 0.1) is 11.1 Å². The molecule has 0 amide bonds. The lowest BCUT2D eigenvalue weighted by Crippen LogP contribution is -1.96. The van der Waals surface area contributed by atoms with Gasteiger partial charge in [0.2, 0.25) is 5.78 Å².